The lowest BCUT2D eigenvalue weighted by Gasteiger charge is -2.21. The molecule has 1 heterocycles. The second-order valence-electron chi connectivity index (χ2n) is 8.66. The van der Waals surface area contributed by atoms with Gasteiger partial charge in [-0.2, -0.15) is 0 Å². The molecule has 1 aliphatic rings. The molecule has 1 aliphatic carbocycles. The van der Waals surface area contributed by atoms with Crippen LogP contribution < -0.4 is 15.6 Å². The van der Waals surface area contributed by atoms with E-state index in [1.54, 1.807) is 24.3 Å². The molecule has 0 aliphatic heterocycles. The van der Waals surface area contributed by atoms with Crippen LogP contribution in [0.5, 0.6) is 5.75 Å². The molecule has 0 saturated heterocycles. The number of aromatic nitrogens is 3. The van der Waals surface area contributed by atoms with Crippen molar-refractivity contribution in [3.05, 3.63) is 75.2 Å². The number of aryl methyl sites for hydroxylation is 1. The van der Waals surface area contributed by atoms with Crippen LogP contribution in [0.3, 0.4) is 0 Å². The molecule has 1 fully saturated rings. The van der Waals surface area contributed by atoms with Gasteiger partial charge in [0.05, 0.1) is 0 Å². The number of ether oxygens (including phenoxy) is 1. The Hall–Kier alpha value is -3.19. The molecule has 1 saturated carbocycles. The van der Waals surface area contributed by atoms with Crippen LogP contribution in [0.15, 0.2) is 53.3 Å². The van der Waals surface area contributed by atoms with Crippen LogP contribution in [-0.2, 0) is 17.8 Å². The Balaban J connectivity index is 1.28. The van der Waals surface area contributed by atoms with Crippen molar-refractivity contribution >= 4 is 17.5 Å². The number of H-pyrrole nitrogens is 1. The Bertz CT molecular complexity index is 1160. The second-order valence-corrected chi connectivity index (χ2v) is 9.07. The zero-order valence-corrected chi connectivity index (χ0v) is 19.8. The first-order chi connectivity index (χ1) is 16.6. The van der Waals surface area contributed by atoms with Gasteiger partial charge in [-0.25, -0.2) is 0 Å². The molecule has 0 radical (unpaired) electrons. The maximum Gasteiger partial charge on any atom is 0.273 e. The number of halogens is 1. The summed E-state index contributed by atoms with van der Waals surface area (Å²) in [5.41, 5.74) is 1.55. The van der Waals surface area contributed by atoms with E-state index in [0.717, 1.165) is 12.1 Å². The van der Waals surface area contributed by atoms with Crippen molar-refractivity contribution in [2.24, 2.45) is 5.92 Å². The van der Waals surface area contributed by atoms with Crippen LogP contribution in [0.25, 0.3) is 11.4 Å². The molecular weight excluding hydrogens is 452 g/mol. The minimum absolute atomic E-state index is 0.0526. The van der Waals surface area contributed by atoms with Gasteiger partial charge in [-0.15, -0.1) is 10.2 Å². The van der Waals surface area contributed by atoms with Gasteiger partial charge in [-0.3, -0.25) is 9.59 Å². The maximum atomic E-state index is 12.5. The maximum absolute atomic E-state index is 12.5. The minimum Gasteiger partial charge on any atom is -0.489 e. The molecule has 2 aromatic carbocycles. The number of hydrogen-bond acceptors (Lipinski definition) is 5. The highest BCUT2D eigenvalue weighted by Crippen LogP contribution is 2.23. The molecule has 0 atom stereocenters. The summed E-state index contributed by atoms with van der Waals surface area (Å²) in [6.45, 7) is 1.08. The summed E-state index contributed by atoms with van der Waals surface area (Å²) in [5, 5.41) is 11.9. The average molecular weight is 481 g/mol. The number of aromatic amines is 1. The summed E-state index contributed by atoms with van der Waals surface area (Å²) in [7, 11) is 0. The van der Waals surface area contributed by atoms with E-state index >= 15 is 0 Å². The first-order valence-electron chi connectivity index (χ1n) is 11.8. The topological polar surface area (TPSA) is 97.0 Å². The molecule has 4 rings (SSSR count). The molecule has 2 N–H and O–H groups in total. The van der Waals surface area contributed by atoms with E-state index in [0.29, 0.717) is 34.7 Å². The van der Waals surface area contributed by atoms with Crippen LogP contribution >= 0.6 is 11.6 Å². The number of carbonyl (C=O) groups is 1. The summed E-state index contributed by atoms with van der Waals surface area (Å²) < 4.78 is 5.79. The van der Waals surface area contributed by atoms with Crippen LogP contribution in [0.4, 0.5) is 0 Å². The third kappa shape index (κ3) is 6.67. The van der Waals surface area contributed by atoms with E-state index in [2.05, 4.69) is 20.5 Å². The second kappa shape index (κ2) is 11.8. The zero-order chi connectivity index (χ0) is 23.8. The highest BCUT2D eigenvalue weighted by Gasteiger charge is 2.15. The highest BCUT2D eigenvalue weighted by molar-refractivity contribution is 6.31. The molecular formula is C26H29ClN4O3. The number of hydrogen-bond donors (Lipinski definition) is 2. The quantitative estimate of drug-likeness (QED) is 0.463. The lowest BCUT2D eigenvalue weighted by atomic mass is 9.89. The van der Waals surface area contributed by atoms with Crippen molar-refractivity contribution in [2.45, 2.75) is 51.6 Å². The van der Waals surface area contributed by atoms with Gasteiger partial charge in [-0.05, 0) is 49.1 Å². The summed E-state index contributed by atoms with van der Waals surface area (Å²) in [4.78, 5) is 27.4. The summed E-state index contributed by atoms with van der Waals surface area (Å²) in [6, 6.07) is 14.7. The number of rotatable bonds is 9. The fraction of sp³-hybridized carbons (Fsp3) is 0.385. The van der Waals surface area contributed by atoms with Crippen molar-refractivity contribution in [1.29, 1.82) is 0 Å². The fourth-order valence-electron chi connectivity index (χ4n) is 4.11. The summed E-state index contributed by atoms with van der Waals surface area (Å²) in [5.74, 6) is 1.57. The molecule has 178 valence electrons. The third-order valence-electron chi connectivity index (χ3n) is 6.15. The van der Waals surface area contributed by atoms with Crippen molar-refractivity contribution in [3.8, 4) is 17.1 Å². The van der Waals surface area contributed by atoms with Crippen LogP contribution in [0, 0.1) is 5.92 Å². The lowest BCUT2D eigenvalue weighted by molar-refractivity contribution is -0.121. The van der Waals surface area contributed by atoms with Gasteiger partial charge >= 0.3 is 0 Å². The molecule has 8 heteroatoms. The summed E-state index contributed by atoms with van der Waals surface area (Å²) >= 11 is 6.16. The van der Waals surface area contributed by atoms with Crippen molar-refractivity contribution < 1.29 is 9.53 Å². The number of amides is 1. The Morgan fingerprint density at radius 2 is 1.82 bits per heavy atom. The predicted molar refractivity (Wildman–Crippen MR) is 132 cm³/mol. The van der Waals surface area contributed by atoms with Gasteiger partial charge in [0.1, 0.15) is 18.1 Å². The molecule has 0 bridgehead atoms. The van der Waals surface area contributed by atoms with E-state index in [1.165, 1.54) is 32.1 Å². The molecule has 34 heavy (non-hydrogen) atoms. The Morgan fingerprint density at radius 3 is 2.56 bits per heavy atom. The molecule has 1 amide bonds. The van der Waals surface area contributed by atoms with Gasteiger partial charge in [-0.1, -0.05) is 49.1 Å². The number of nitrogens with one attached hydrogen (secondary N) is 2. The van der Waals surface area contributed by atoms with Crippen molar-refractivity contribution in [2.75, 3.05) is 6.54 Å². The Morgan fingerprint density at radius 1 is 1.06 bits per heavy atom. The predicted octanol–water partition coefficient (Wildman–Crippen LogP) is 4.69. The van der Waals surface area contributed by atoms with Gasteiger partial charge in [0.15, 0.2) is 5.82 Å². The van der Waals surface area contributed by atoms with Crippen molar-refractivity contribution in [3.63, 3.8) is 0 Å². The smallest absolute Gasteiger partial charge is 0.273 e. The van der Waals surface area contributed by atoms with Gasteiger partial charge < -0.3 is 15.0 Å². The standard InChI is InChI=1S/C26H29ClN4O3/c27-22-9-5-4-8-20(22)17-34-21-12-10-19(11-13-21)25-29-26(33)23(30-31-25)14-15-24(32)28-16-18-6-2-1-3-7-18/h4-5,8-13,18H,1-3,6-7,14-17H2,(H,28,32)(H,29,31,33). The summed E-state index contributed by atoms with van der Waals surface area (Å²) in [6.07, 6.45) is 6.63. The fourth-order valence-corrected chi connectivity index (χ4v) is 4.30. The first-order valence-corrected chi connectivity index (χ1v) is 12.2. The van der Waals surface area contributed by atoms with Crippen molar-refractivity contribution in [1.82, 2.24) is 20.5 Å². The zero-order valence-electron chi connectivity index (χ0n) is 19.1. The number of carbonyl (C=O) groups excluding carboxylic acids is 1. The number of nitrogens with zero attached hydrogens (tertiary/aromatic N) is 2. The molecule has 0 spiro atoms. The minimum atomic E-state index is -0.330. The molecule has 1 aromatic heterocycles. The molecule has 3 aromatic rings. The first kappa shape index (κ1) is 24.0. The number of benzene rings is 2. The lowest BCUT2D eigenvalue weighted by Crippen LogP contribution is -2.31. The van der Waals surface area contributed by atoms with Gasteiger partial charge in [0.25, 0.3) is 5.56 Å². The van der Waals surface area contributed by atoms with Crippen LogP contribution in [-0.4, -0.2) is 27.6 Å². The van der Waals surface area contributed by atoms with E-state index in [-0.39, 0.29) is 30.0 Å². The van der Waals surface area contributed by atoms with E-state index < -0.39 is 0 Å². The normalized spacial score (nSPS) is 14.0. The van der Waals surface area contributed by atoms with E-state index in [4.69, 9.17) is 16.3 Å². The van der Waals surface area contributed by atoms with Crippen LogP contribution in [0.2, 0.25) is 5.02 Å². The Labute approximate surface area is 203 Å². The SMILES string of the molecule is O=C(CCc1nnc(-c2ccc(OCc3ccccc3Cl)cc2)[nH]c1=O)NCC1CCCCC1. The van der Waals surface area contributed by atoms with Gasteiger partial charge in [0, 0.05) is 35.5 Å². The van der Waals surface area contributed by atoms with Crippen LogP contribution in [0.1, 0.15) is 49.8 Å². The molecule has 7 nitrogen and oxygen atoms in total. The molecule has 0 unspecified atom stereocenters. The largest absolute Gasteiger partial charge is 0.489 e. The van der Waals surface area contributed by atoms with E-state index in [1.807, 2.05) is 24.3 Å². The monoisotopic (exact) mass is 480 g/mol. The third-order valence-corrected chi connectivity index (χ3v) is 6.51. The Kier molecular flexibility index (Phi) is 8.31. The van der Waals surface area contributed by atoms with E-state index in [9.17, 15) is 9.59 Å². The average Bonchev–Trinajstić information content (AvgIpc) is 2.87. The highest BCUT2D eigenvalue weighted by atomic mass is 35.5. The van der Waals surface area contributed by atoms with Gasteiger partial charge in [0.2, 0.25) is 5.91 Å².